The van der Waals surface area contributed by atoms with E-state index in [9.17, 15) is 0 Å². The Morgan fingerprint density at radius 2 is 2.21 bits per heavy atom. The van der Waals surface area contributed by atoms with Gasteiger partial charge in [-0.2, -0.15) is 11.3 Å². The van der Waals surface area contributed by atoms with Gasteiger partial charge in [-0.25, -0.2) is 4.98 Å². The van der Waals surface area contributed by atoms with Crippen molar-refractivity contribution in [2.45, 2.75) is 40.2 Å². The van der Waals surface area contributed by atoms with E-state index in [0.29, 0.717) is 5.92 Å². The molecule has 2 aromatic rings. The smallest absolute Gasteiger partial charge is 0.124 e. The van der Waals surface area contributed by atoms with E-state index in [1.165, 1.54) is 27.6 Å². The van der Waals surface area contributed by atoms with E-state index in [1.807, 2.05) is 11.3 Å². The van der Waals surface area contributed by atoms with E-state index >= 15 is 0 Å². The van der Waals surface area contributed by atoms with Gasteiger partial charge in [0.15, 0.2) is 0 Å². The summed E-state index contributed by atoms with van der Waals surface area (Å²) in [5.41, 5.74) is 2.55. The summed E-state index contributed by atoms with van der Waals surface area (Å²) in [5.74, 6) is 0.655. The first-order valence-corrected chi connectivity index (χ1v) is 8.68. The molecule has 0 saturated heterocycles. The van der Waals surface area contributed by atoms with Crippen LogP contribution in [-0.2, 0) is 13.0 Å². The number of hydrogen-bond donors (Lipinski definition) is 1. The van der Waals surface area contributed by atoms with Gasteiger partial charge in [-0.05, 0) is 36.8 Å². The van der Waals surface area contributed by atoms with Gasteiger partial charge < -0.3 is 5.32 Å². The molecule has 0 saturated carbocycles. The van der Waals surface area contributed by atoms with Crippen LogP contribution in [0.3, 0.4) is 0 Å². The minimum atomic E-state index is 0.655. The number of thiophene rings is 1. The maximum Gasteiger partial charge on any atom is 0.124 e. The average molecular weight is 294 g/mol. The minimum absolute atomic E-state index is 0.655. The molecule has 104 valence electrons. The molecular formula is C15H22N2S2. The summed E-state index contributed by atoms with van der Waals surface area (Å²) in [4.78, 5) is 6.26. The molecule has 0 aliphatic heterocycles. The highest BCUT2D eigenvalue weighted by Gasteiger charge is 2.13. The second-order valence-electron chi connectivity index (χ2n) is 5.18. The molecule has 0 radical (unpaired) electrons. The summed E-state index contributed by atoms with van der Waals surface area (Å²) in [6.07, 6.45) is 2.25. The highest BCUT2D eigenvalue weighted by molar-refractivity contribution is 7.15. The number of thiazole rings is 1. The fraction of sp³-hybridized carbons (Fsp3) is 0.533. The zero-order valence-corrected chi connectivity index (χ0v) is 13.5. The second kappa shape index (κ2) is 7.17. The molecule has 0 bridgehead atoms. The molecule has 2 rings (SSSR count). The van der Waals surface area contributed by atoms with Crippen molar-refractivity contribution in [3.05, 3.63) is 27.4 Å². The normalized spacial score (nSPS) is 11.4. The van der Waals surface area contributed by atoms with Crippen LogP contribution in [0.1, 0.15) is 37.8 Å². The summed E-state index contributed by atoms with van der Waals surface area (Å²) in [5, 5.41) is 8.97. The van der Waals surface area contributed by atoms with Gasteiger partial charge in [0.2, 0.25) is 0 Å². The third-order valence-electron chi connectivity index (χ3n) is 2.86. The van der Waals surface area contributed by atoms with Gasteiger partial charge in [-0.3, -0.25) is 0 Å². The van der Waals surface area contributed by atoms with Gasteiger partial charge in [0.05, 0.1) is 5.69 Å². The lowest BCUT2D eigenvalue weighted by atomic mass is 10.1. The van der Waals surface area contributed by atoms with Gasteiger partial charge in [0.25, 0.3) is 0 Å². The number of nitrogens with one attached hydrogen (secondary N) is 1. The van der Waals surface area contributed by atoms with Crippen molar-refractivity contribution in [2.75, 3.05) is 6.54 Å². The van der Waals surface area contributed by atoms with Crippen molar-refractivity contribution in [3.63, 3.8) is 0 Å². The average Bonchev–Trinajstić information content (AvgIpc) is 2.98. The van der Waals surface area contributed by atoms with E-state index in [2.05, 4.69) is 42.9 Å². The Hall–Kier alpha value is -0.710. The molecule has 2 heterocycles. The molecule has 0 aliphatic rings. The van der Waals surface area contributed by atoms with E-state index in [-0.39, 0.29) is 0 Å². The van der Waals surface area contributed by atoms with Crippen molar-refractivity contribution < 1.29 is 0 Å². The highest BCUT2D eigenvalue weighted by Crippen LogP contribution is 2.30. The summed E-state index contributed by atoms with van der Waals surface area (Å²) in [7, 11) is 0. The van der Waals surface area contributed by atoms with Crippen LogP contribution >= 0.6 is 22.7 Å². The van der Waals surface area contributed by atoms with Crippen molar-refractivity contribution in [2.24, 2.45) is 5.92 Å². The lowest BCUT2D eigenvalue weighted by Gasteiger charge is -2.05. The topological polar surface area (TPSA) is 24.9 Å². The third-order valence-corrected chi connectivity index (χ3v) is 4.69. The molecule has 0 aliphatic carbocycles. The quantitative estimate of drug-likeness (QED) is 0.757. The first kappa shape index (κ1) is 14.7. The fourth-order valence-corrected chi connectivity index (χ4v) is 3.73. The van der Waals surface area contributed by atoms with E-state index < -0.39 is 0 Å². The molecule has 0 unspecified atom stereocenters. The zero-order valence-electron chi connectivity index (χ0n) is 11.9. The standard InChI is InChI=1S/C15H22N2S2/c1-4-6-16-9-14-13(8-11(2)3)17-15(19-14)12-5-7-18-10-12/h5,7,10-11,16H,4,6,8-9H2,1-3H3. The number of hydrogen-bond acceptors (Lipinski definition) is 4. The van der Waals surface area contributed by atoms with Crippen LogP contribution in [0.15, 0.2) is 16.8 Å². The van der Waals surface area contributed by atoms with Crippen LogP contribution in [-0.4, -0.2) is 11.5 Å². The second-order valence-corrected chi connectivity index (χ2v) is 7.04. The summed E-state index contributed by atoms with van der Waals surface area (Å²) in [6, 6.07) is 2.16. The molecule has 4 heteroatoms. The monoisotopic (exact) mass is 294 g/mol. The lowest BCUT2D eigenvalue weighted by Crippen LogP contribution is -2.14. The summed E-state index contributed by atoms with van der Waals surface area (Å²) < 4.78 is 0. The highest BCUT2D eigenvalue weighted by atomic mass is 32.1. The Morgan fingerprint density at radius 1 is 1.37 bits per heavy atom. The molecule has 0 amide bonds. The first-order valence-electron chi connectivity index (χ1n) is 6.92. The molecule has 2 aromatic heterocycles. The Morgan fingerprint density at radius 3 is 2.84 bits per heavy atom. The van der Waals surface area contributed by atoms with Gasteiger partial charge in [0, 0.05) is 22.4 Å². The maximum atomic E-state index is 4.86. The lowest BCUT2D eigenvalue weighted by molar-refractivity contribution is 0.623. The van der Waals surface area contributed by atoms with Crippen LogP contribution in [0.4, 0.5) is 0 Å². The Kier molecular flexibility index (Phi) is 5.55. The fourth-order valence-electron chi connectivity index (χ4n) is 1.96. The summed E-state index contributed by atoms with van der Waals surface area (Å²) >= 11 is 3.58. The zero-order chi connectivity index (χ0) is 13.7. The van der Waals surface area contributed by atoms with E-state index in [1.54, 1.807) is 11.3 Å². The molecular weight excluding hydrogens is 272 g/mol. The van der Waals surface area contributed by atoms with Crippen LogP contribution in [0, 0.1) is 5.92 Å². The Labute approximate surface area is 123 Å². The molecule has 19 heavy (non-hydrogen) atoms. The van der Waals surface area contributed by atoms with Crippen molar-refractivity contribution in [1.29, 1.82) is 0 Å². The first-order chi connectivity index (χ1) is 9.20. The maximum absolute atomic E-state index is 4.86. The van der Waals surface area contributed by atoms with E-state index in [0.717, 1.165) is 19.5 Å². The SMILES string of the molecule is CCCNCc1sc(-c2ccsc2)nc1CC(C)C. The van der Waals surface area contributed by atoms with Crippen molar-refractivity contribution in [3.8, 4) is 10.6 Å². The van der Waals surface area contributed by atoms with Crippen LogP contribution in [0.25, 0.3) is 10.6 Å². The molecule has 2 nitrogen and oxygen atoms in total. The van der Waals surface area contributed by atoms with Crippen molar-refractivity contribution in [1.82, 2.24) is 10.3 Å². The van der Waals surface area contributed by atoms with Crippen LogP contribution < -0.4 is 5.32 Å². The van der Waals surface area contributed by atoms with Crippen molar-refractivity contribution >= 4 is 22.7 Å². The summed E-state index contributed by atoms with van der Waals surface area (Å²) in [6.45, 7) is 8.75. The molecule has 1 N–H and O–H groups in total. The van der Waals surface area contributed by atoms with Gasteiger partial charge >= 0.3 is 0 Å². The number of nitrogens with zero attached hydrogens (tertiary/aromatic N) is 1. The van der Waals surface area contributed by atoms with Gasteiger partial charge in [0.1, 0.15) is 5.01 Å². The number of rotatable bonds is 7. The van der Waals surface area contributed by atoms with Crippen LogP contribution in [0.2, 0.25) is 0 Å². The van der Waals surface area contributed by atoms with E-state index in [4.69, 9.17) is 4.98 Å². The molecule has 0 aromatic carbocycles. The molecule has 0 fully saturated rings. The Bertz CT molecular complexity index is 486. The van der Waals surface area contributed by atoms with Gasteiger partial charge in [-0.15, -0.1) is 11.3 Å². The molecule has 0 atom stereocenters. The largest absolute Gasteiger partial charge is 0.312 e. The van der Waals surface area contributed by atoms with Crippen LogP contribution in [0.5, 0.6) is 0 Å². The minimum Gasteiger partial charge on any atom is -0.312 e. The van der Waals surface area contributed by atoms with Gasteiger partial charge in [-0.1, -0.05) is 20.8 Å². The predicted molar refractivity (Wildman–Crippen MR) is 86.0 cm³/mol. The number of aromatic nitrogens is 1. The third kappa shape index (κ3) is 4.13. The molecule has 0 spiro atoms. The predicted octanol–water partition coefficient (Wildman–Crippen LogP) is 4.57. The Balaban J connectivity index is 2.18.